The minimum absolute atomic E-state index is 0.0305. The fraction of sp³-hybridized carbons (Fsp3) is 0.697. The molecule has 1 aliphatic carbocycles. The standard InChI is InChI=1S/C33H53N5O7/c1-22(40)19-37-14-11-33(21-38-32(34)35-3)9-4-5-24(30(44-23(2)41)18-27(42)6-10-33)15-25-17-31(29(43)16-26(25)20-39)45-28-7-12-36-13-8-28/h16-17,22,24,27-28,30,36-37,39-40,42-43H,5-8,10-15,18-21H2,1-3H3,(H3,34,35,38)/t22-,24+,27-,30-,33+/m0/s1. The molecule has 3 rings (SSSR count). The first-order valence-corrected chi connectivity index (χ1v) is 16.1. The highest BCUT2D eigenvalue weighted by Gasteiger charge is 2.33. The van der Waals surface area contributed by atoms with Gasteiger partial charge in [-0.15, -0.1) is 5.92 Å². The van der Waals surface area contributed by atoms with Crippen LogP contribution in [-0.4, -0.2) is 96.5 Å². The van der Waals surface area contributed by atoms with Crippen LogP contribution in [0.3, 0.4) is 0 Å². The van der Waals surface area contributed by atoms with Gasteiger partial charge in [0, 0.05) is 45.8 Å². The Bertz CT molecular complexity index is 1180. The third-order valence-corrected chi connectivity index (χ3v) is 8.60. The number of esters is 1. The van der Waals surface area contributed by atoms with E-state index in [1.165, 1.54) is 13.0 Å². The summed E-state index contributed by atoms with van der Waals surface area (Å²) in [6.07, 6.45) is 2.39. The van der Waals surface area contributed by atoms with E-state index in [9.17, 15) is 25.2 Å². The normalized spacial score (nSPS) is 25.5. The van der Waals surface area contributed by atoms with Crippen LogP contribution in [0, 0.1) is 23.2 Å². The molecule has 1 saturated heterocycles. The van der Waals surface area contributed by atoms with Gasteiger partial charge in [-0.1, -0.05) is 5.92 Å². The Kier molecular flexibility index (Phi) is 14.7. The van der Waals surface area contributed by atoms with Crippen LogP contribution in [0.2, 0.25) is 0 Å². The monoisotopic (exact) mass is 631 g/mol. The number of phenolic OH excluding ortho intramolecular Hbond substituents is 1. The highest BCUT2D eigenvalue weighted by atomic mass is 16.5. The van der Waals surface area contributed by atoms with E-state index in [1.54, 1.807) is 20.0 Å². The fourth-order valence-electron chi connectivity index (χ4n) is 5.99. The maximum atomic E-state index is 12.2. The zero-order valence-electron chi connectivity index (χ0n) is 27.0. The predicted molar refractivity (Wildman–Crippen MR) is 173 cm³/mol. The summed E-state index contributed by atoms with van der Waals surface area (Å²) in [6, 6.07) is 3.30. The summed E-state index contributed by atoms with van der Waals surface area (Å²) in [5.74, 6) is 6.74. The van der Waals surface area contributed by atoms with Crippen LogP contribution in [0.1, 0.15) is 69.9 Å². The molecule has 9 N–H and O–H groups in total. The van der Waals surface area contributed by atoms with Crippen LogP contribution < -0.4 is 26.4 Å². The van der Waals surface area contributed by atoms with E-state index in [1.807, 2.05) is 0 Å². The second-order valence-electron chi connectivity index (χ2n) is 12.4. The Morgan fingerprint density at radius 1 is 1.27 bits per heavy atom. The van der Waals surface area contributed by atoms with Gasteiger partial charge in [0.2, 0.25) is 0 Å². The van der Waals surface area contributed by atoms with E-state index in [-0.39, 0.29) is 30.8 Å². The molecule has 0 spiro atoms. The number of carbonyl (C=O) groups is 1. The molecule has 1 aromatic rings. The van der Waals surface area contributed by atoms with E-state index >= 15 is 0 Å². The number of benzene rings is 1. The molecule has 0 aromatic heterocycles. The number of aliphatic hydroxyl groups excluding tert-OH is 3. The van der Waals surface area contributed by atoms with Gasteiger partial charge in [-0.05, 0) is 88.3 Å². The van der Waals surface area contributed by atoms with Gasteiger partial charge in [-0.2, -0.15) is 0 Å². The number of nitrogens with two attached hydrogens (primary N) is 1. The van der Waals surface area contributed by atoms with Gasteiger partial charge < -0.3 is 51.6 Å². The first kappa shape index (κ1) is 36.4. The minimum Gasteiger partial charge on any atom is -0.504 e. The van der Waals surface area contributed by atoms with Crippen molar-refractivity contribution in [3.8, 4) is 23.3 Å². The summed E-state index contributed by atoms with van der Waals surface area (Å²) in [4.78, 5) is 16.2. The van der Waals surface area contributed by atoms with Crippen molar-refractivity contribution in [2.75, 3.05) is 39.8 Å². The van der Waals surface area contributed by atoms with Gasteiger partial charge in [0.15, 0.2) is 17.5 Å². The number of hydrogen-bond donors (Lipinski definition) is 8. The molecule has 0 unspecified atom stereocenters. The van der Waals surface area contributed by atoms with E-state index < -0.39 is 29.7 Å². The average Bonchev–Trinajstić information content (AvgIpc) is 3.01. The van der Waals surface area contributed by atoms with E-state index in [2.05, 4.69) is 32.8 Å². The highest BCUT2D eigenvalue weighted by molar-refractivity contribution is 5.77. The van der Waals surface area contributed by atoms with Crippen molar-refractivity contribution < 1.29 is 34.7 Å². The molecule has 12 nitrogen and oxygen atoms in total. The van der Waals surface area contributed by atoms with Crippen LogP contribution in [-0.2, 0) is 22.6 Å². The number of aromatic hydroxyl groups is 1. The number of rotatable bonds is 13. The Labute approximate surface area is 267 Å². The van der Waals surface area contributed by atoms with Crippen LogP contribution >= 0.6 is 0 Å². The van der Waals surface area contributed by atoms with Crippen molar-refractivity contribution in [1.82, 2.24) is 16.0 Å². The molecule has 0 radical (unpaired) electrons. The van der Waals surface area contributed by atoms with Crippen molar-refractivity contribution >= 4 is 11.9 Å². The molecular weight excluding hydrogens is 578 g/mol. The summed E-state index contributed by atoms with van der Waals surface area (Å²) in [5.41, 5.74) is 6.73. The molecule has 1 aromatic carbocycles. The van der Waals surface area contributed by atoms with E-state index in [0.29, 0.717) is 69.0 Å². The number of aliphatic hydroxyl groups is 3. The molecule has 0 saturated carbocycles. The molecule has 5 atom stereocenters. The second kappa shape index (κ2) is 18.2. The molecule has 12 heteroatoms. The molecule has 2 aliphatic rings. The maximum Gasteiger partial charge on any atom is 0.302 e. The Balaban J connectivity index is 1.95. The summed E-state index contributed by atoms with van der Waals surface area (Å²) in [5, 5.41) is 51.5. The highest BCUT2D eigenvalue weighted by Crippen LogP contribution is 2.36. The number of carbonyl (C=O) groups excluding carboxylic acids is 1. The van der Waals surface area contributed by atoms with Crippen molar-refractivity contribution in [3.63, 3.8) is 0 Å². The third-order valence-electron chi connectivity index (χ3n) is 8.60. The maximum absolute atomic E-state index is 12.2. The number of phenols is 1. The molecule has 252 valence electrons. The molecule has 0 amide bonds. The first-order chi connectivity index (χ1) is 21.5. The fourth-order valence-corrected chi connectivity index (χ4v) is 5.99. The number of aliphatic imine (C=N–C) groups is 1. The summed E-state index contributed by atoms with van der Waals surface area (Å²) in [7, 11) is 1.61. The van der Waals surface area contributed by atoms with Gasteiger partial charge in [0.25, 0.3) is 0 Å². The largest absolute Gasteiger partial charge is 0.504 e. The minimum atomic E-state index is -0.755. The van der Waals surface area contributed by atoms with Crippen LogP contribution in [0.4, 0.5) is 0 Å². The van der Waals surface area contributed by atoms with Crippen molar-refractivity contribution in [2.24, 2.45) is 22.1 Å². The molecule has 0 bridgehead atoms. The number of piperidine rings is 1. The Morgan fingerprint density at radius 3 is 2.69 bits per heavy atom. The van der Waals surface area contributed by atoms with E-state index in [4.69, 9.17) is 15.2 Å². The van der Waals surface area contributed by atoms with Gasteiger partial charge in [0.1, 0.15) is 12.2 Å². The smallest absolute Gasteiger partial charge is 0.302 e. The average molecular weight is 632 g/mol. The van der Waals surface area contributed by atoms with Crippen LogP contribution in [0.25, 0.3) is 0 Å². The van der Waals surface area contributed by atoms with Gasteiger partial charge >= 0.3 is 5.97 Å². The second-order valence-corrected chi connectivity index (χ2v) is 12.4. The summed E-state index contributed by atoms with van der Waals surface area (Å²) in [6.45, 7) is 5.95. The Morgan fingerprint density at radius 2 is 2.02 bits per heavy atom. The number of ether oxygens (including phenoxy) is 2. The zero-order valence-corrected chi connectivity index (χ0v) is 27.0. The van der Waals surface area contributed by atoms with Crippen LogP contribution in [0.5, 0.6) is 11.5 Å². The lowest BCUT2D eigenvalue weighted by molar-refractivity contribution is -0.151. The third kappa shape index (κ3) is 12.0. The quantitative estimate of drug-likeness (QED) is 0.0508. The molecule has 1 aliphatic heterocycles. The van der Waals surface area contributed by atoms with Gasteiger partial charge in [-0.25, -0.2) is 0 Å². The molecule has 1 heterocycles. The lowest BCUT2D eigenvalue weighted by atomic mass is 9.77. The zero-order chi connectivity index (χ0) is 32.8. The molecular formula is C33H53N5O7. The SMILES string of the molecule is CN=C(N)NC[C@]1(CCNC[C@H](C)O)C#CC[C@H](Cc2cc(OC3CCNCC3)c(O)cc2CO)[C@@H](OC(C)=O)C[C@@H](O)CC1. The summed E-state index contributed by atoms with van der Waals surface area (Å²) < 4.78 is 12.0. The lowest BCUT2D eigenvalue weighted by Crippen LogP contribution is -2.43. The van der Waals surface area contributed by atoms with Gasteiger partial charge in [0.05, 0.1) is 24.2 Å². The summed E-state index contributed by atoms with van der Waals surface area (Å²) >= 11 is 0. The Hall–Kier alpha value is -3.08. The number of hydrogen-bond acceptors (Lipinski definition) is 10. The number of guanidine groups is 1. The first-order valence-electron chi connectivity index (χ1n) is 16.1. The van der Waals surface area contributed by atoms with Gasteiger partial charge in [-0.3, -0.25) is 9.79 Å². The predicted octanol–water partition coefficient (Wildman–Crippen LogP) is 0.925. The number of nitrogens with zero attached hydrogens (tertiary/aromatic N) is 1. The van der Waals surface area contributed by atoms with Crippen molar-refractivity contribution in [1.29, 1.82) is 0 Å². The lowest BCUT2D eigenvalue weighted by Gasteiger charge is -2.33. The number of nitrogens with one attached hydrogen (secondary N) is 3. The van der Waals surface area contributed by atoms with Crippen molar-refractivity contribution in [3.05, 3.63) is 23.3 Å². The van der Waals surface area contributed by atoms with E-state index in [0.717, 1.165) is 31.5 Å². The molecule has 1 fully saturated rings. The van der Waals surface area contributed by atoms with Crippen molar-refractivity contribution in [2.45, 2.75) is 96.2 Å². The van der Waals surface area contributed by atoms with Crippen LogP contribution in [0.15, 0.2) is 17.1 Å². The topological polar surface area (TPSA) is 191 Å². The molecule has 45 heavy (non-hydrogen) atoms.